The first kappa shape index (κ1) is 33.9. The van der Waals surface area contributed by atoms with Crippen molar-refractivity contribution in [2.75, 3.05) is 0 Å². The average Bonchev–Trinajstić information content (AvgIpc) is 3.57. The van der Waals surface area contributed by atoms with E-state index in [4.69, 9.17) is 9.97 Å². The monoisotopic (exact) mass is 738 g/mol. The summed E-state index contributed by atoms with van der Waals surface area (Å²) in [6.45, 7) is 2.38. The van der Waals surface area contributed by atoms with E-state index in [0.717, 1.165) is 38.9 Å². The summed E-state index contributed by atoms with van der Waals surface area (Å²) in [6, 6.07) is 76.4. The number of nitrogens with zero attached hydrogens (tertiary/aromatic N) is 2. The lowest BCUT2D eigenvalue weighted by molar-refractivity contribution is 0.714. The molecular formula is C56H38N2. The van der Waals surface area contributed by atoms with E-state index in [9.17, 15) is 0 Å². The molecule has 0 saturated carbocycles. The zero-order chi connectivity index (χ0) is 38.6. The first-order valence-electron chi connectivity index (χ1n) is 20.0. The molecule has 0 aliphatic heterocycles. The van der Waals surface area contributed by atoms with Crippen LogP contribution in [0.1, 0.15) is 23.6 Å². The van der Waals surface area contributed by atoms with Gasteiger partial charge >= 0.3 is 0 Å². The van der Waals surface area contributed by atoms with E-state index in [2.05, 4.69) is 213 Å². The first-order valence-corrected chi connectivity index (χ1v) is 20.0. The van der Waals surface area contributed by atoms with Gasteiger partial charge in [0.15, 0.2) is 5.82 Å². The molecule has 1 aromatic heterocycles. The molecule has 0 radical (unpaired) electrons. The molecule has 1 heterocycles. The molecule has 0 spiro atoms. The molecule has 0 bridgehead atoms. The van der Waals surface area contributed by atoms with Crippen molar-refractivity contribution in [1.29, 1.82) is 0 Å². The maximum absolute atomic E-state index is 5.33. The van der Waals surface area contributed by atoms with Crippen LogP contribution in [0.25, 0.3) is 88.8 Å². The molecule has 1 aliphatic rings. The molecule has 2 heteroatoms. The van der Waals surface area contributed by atoms with E-state index in [1.807, 2.05) is 6.07 Å². The van der Waals surface area contributed by atoms with Crippen LogP contribution in [-0.2, 0) is 5.41 Å². The molecule has 0 saturated heterocycles. The Morgan fingerprint density at radius 3 is 1.41 bits per heavy atom. The molecule has 9 aromatic carbocycles. The number of benzene rings is 9. The van der Waals surface area contributed by atoms with Crippen LogP contribution in [0.3, 0.4) is 0 Å². The van der Waals surface area contributed by atoms with E-state index in [1.54, 1.807) is 0 Å². The lowest BCUT2D eigenvalue weighted by Crippen LogP contribution is -2.22. The Kier molecular flexibility index (Phi) is 7.97. The molecule has 272 valence electrons. The quantitative estimate of drug-likeness (QED) is 0.170. The SMILES string of the molecule is CC1(c2ccccc2)c2ccccc2-c2c(-c3ccc(-c4cc(-c5ccc(-c6ccccc6)c6ccccc56)nc(-c5ccccc5)n4)c4ccccc34)cccc21. The highest BCUT2D eigenvalue weighted by molar-refractivity contribution is 6.09. The van der Waals surface area contributed by atoms with Crippen LogP contribution in [0.4, 0.5) is 0 Å². The molecule has 0 N–H and O–H groups in total. The van der Waals surface area contributed by atoms with Crippen LogP contribution in [0.2, 0.25) is 0 Å². The molecule has 1 aliphatic carbocycles. The van der Waals surface area contributed by atoms with E-state index < -0.39 is 0 Å². The number of hydrogen-bond donors (Lipinski definition) is 0. The summed E-state index contributed by atoms with van der Waals surface area (Å²) >= 11 is 0. The van der Waals surface area contributed by atoms with Crippen LogP contribution in [0, 0.1) is 0 Å². The van der Waals surface area contributed by atoms with Gasteiger partial charge in [0.05, 0.1) is 11.4 Å². The van der Waals surface area contributed by atoms with Gasteiger partial charge in [0.2, 0.25) is 0 Å². The third-order valence-electron chi connectivity index (χ3n) is 12.2. The summed E-state index contributed by atoms with van der Waals surface area (Å²) in [5, 5.41) is 4.71. The van der Waals surface area contributed by atoms with Gasteiger partial charge in [0, 0.05) is 22.1 Å². The van der Waals surface area contributed by atoms with Crippen molar-refractivity contribution in [2.24, 2.45) is 0 Å². The van der Waals surface area contributed by atoms with E-state index in [0.29, 0.717) is 5.82 Å². The molecule has 11 rings (SSSR count). The summed E-state index contributed by atoms with van der Waals surface area (Å²) in [5.74, 6) is 0.704. The summed E-state index contributed by atoms with van der Waals surface area (Å²) in [5.41, 5.74) is 16.1. The minimum atomic E-state index is -0.270. The lowest BCUT2D eigenvalue weighted by atomic mass is 9.74. The normalized spacial score (nSPS) is 14.4. The van der Waals surface area contributed by atoms with Gasteiger partial charge in [0.1, 0.15) is 0 Å². The van der Waals surface area contributed by atoms with Crippen molar-refractivity contribution in [3.63, 3.8) is 0 Å². The fraction of sp³-hybridized carbons (Fsp3) is 0.0357. The number of fused-ring (bicyclic) bond motifs is 5. The molecule has 58 heavy (non-hydrogen) atoms. The predicted molar refractivity (Wildman–Crippen MR) is 242 cm³/mol. The second-order valence-electron chi connectivity index (χ2n) is 15.4. The Morgan fingerprint density at radius 1 is 0.328 bits per heavy atom. The van der Waals surface area contributed by atoms with Crippen LogP contribution in [0.15, 0.2) is 212 Å². The van der Waals surface area contributed by atoms with Crippen LogP contribution in [0.5, 0.6) is 0 Å². The van der Waals surface area contributed by atoms with Crippen molar-refractivity contribution >= 4 is 21.5 Å². The van der Waals surface area contributed by atoms with Crippen molar-refractivity contribution in [3.8, 4) is 67.3 Å². The predicted octanol–water partition coefficient (Wildman–Crippen LogP) is 14.5. The lowest BCUT2D eigenvalue weighted by Gasteiger charge is -2.28. The second-order valence-corrected chi connectivity index (χ2v) is 15.4. The van der Waals surface area contributed by atoms with Crippen molar-refractivity contribution < 1.29 is 0 Å². The van der Waals surface area contributed by atoms with Gasteiger partial charge in [-0.2, -0.15) is 0 Å². The Morgan fingerprint density at radius 2 is 0.776 bits per heavy atom. The smallest absolute Gasteiger partial charge is 0.160 e. The molecule has 0 fully saturated rings. The van der Waals surface area contributed by atoms with E-state index in [1.165, 1.54) is 60.8 Å². The maximum Gasteiger partial charge on any atom is 0.160 e. The molecule has 1 atom stereocenters. The molecule has 1 unspecified atom stereocenters. The summed E-state index contributed by atoms with van der Waals surface area (Å²) in [6.07, 6.45) is 0. The number of hydrogen-bond acceptors (Lipinski definition) is 2. The number of aromatic nitrogens is 2. The topological polar surface area (TPSA) is 25.8 Å². The van der Waals surface area contributed by atoms with E-state index in [-0.39, 0.29) is 5.41 Å². The van der Waals surface area contributed by atoms with E-state index >= 15 is 0 Å². The number of rotatable bonds is 6. The third-order valence-corrected chi connectivity index (χ3v) is 12.2. The molecule has 10 aromatic rings. The minimum Gasteiger partial charge on any atom is -0.228 e. The Bertz CT molecular complexity index is 3170. The Labute approximate surface area is 338 Å². The second kappa shape index (κ2) is 13.7. The highest BCUT2D eigenvalue weighted by Crippen LogP contribution is 2.55. The summed E-state index contributed by atoms with van der Waals surface area (Å²) in [7, 11) is 0. The van der Waals surface area contributed by atoms with Crippen molar-refractivity contribution in [1.82, 2.24) is 9.97 Å². The van der Waals surface area contributed by atoms with Gasteiger partial charge in [0.25, 0.3) is 0 Å². The zero-order valence-electron chi connectivity index (χ0n) is 32.1. The average molecular weight is 739 g/mol. The van der Waals surface area contributed by atoms with Crippen molar-refractivity contribution in [2.45, 2.75) is 12.3 Å². The zero-order valence-corrected chi connectivity index (χ0v) is 32.1. The van der Waals surface area contributed by atoms with Crippen molar-refractivity contribution in [3.05, 3.63) is 229 Å². The van der Waals surface area contributed by atoms with Gasteiger partial charge in [-0.25, -0.2) is 9.97 Å². The van der Waals surface area contributed by atoms with Crippen LogP contribution in [-0.4, -0.2) is 9.97 Å². The first-order chi connectivity index (χ1) is 28.7. The summed E-state index contributed by atoms with van der Waals surface area (Å²) < 4.78 is 0. The Hall–Kier alpha value is -7.42. The van der Waals surface area contributed by atoms with Crippen LogP contribution >= 0.6 is 0 Å². The standard InChI is InChI=1S/C56H38N2/c1-56(39-22-9-4-10-23-39)50-30-16-15-28-49(50)54-48(29-17-31-51(54)56)45-33-35-47(44-27-14-12-25-42(44)45)53-36-52(57-55(58-53)38-20-7-3-8-21-38)46-34-32-40(37-18-5-2-6-19-37)41-24-11-13-26-43(41)46/h2-36H,1H3. The van der Waals surface area contributed by atoms with Gasteiger partial charge in [-0.1, -0.05) is 206 Å². The maximum atomic E-state index is 5.33. The highest BCUT2D eigenvalue weighted by atomic mass is 14.9. The fourth-order valence-corrected chi connectivity index (χ4v) is 9.44. The minimum absolute atomic E-state index is 0.270. The molecule has 2 nitrogen and oxygen atoms in total. The van der Waals surface area contributed by atoms with Gasteiger partial charge < -0.3 is 0 Å². The van der Waals surface area contributed by atoms with Gasteiger partial charge in [-0.15, -0.1) is 0 Å². The largest absolute Gasteiger partial charge is 0.228 e. The Balaban J connectivity index is 1.12. The van der Waals surface area contributed by atoms with Crippen LogP contribution < -0.4 is 0 Å². The highest BCUT2D eigenvalue weighted by Gasteiger charge is 2.41. The van der Waals surface area contributed by atoms with Gasteiger partial charge in [-0.05, 0) is 84.6 Å². The third kappa shape index (κ3) is 5.33. The summed E-state index contributed by atoms with van der Waals surface area (Å²) in [4.78, 5) is 10.6. The molecular weight excluding hydrogens is 701 g/mol. The fourth-order valence-electron chi connectivity index (χ4n) is 9.44. The van der Waals surface area contributed by atoms with Gasteiger partial charge in [-0.3, -0.25) is 0 Å². The molecule has 0 amide bonds.